The summed E-state index contributed by atoms with van der Waals surface area (Å²) in [5, 5.41) is 15.3. The van der Waals surface area contributed by atoms with Crippen molar-refractivity contribution < 1.29 is 13.9 Å². The average Bonchev–Trinajstić information content (AvgIpc) is 3.38. The van der Waals surface area contributed by atoms with Crippen molar-refractivity contribution in [3.8, 4) is 11.4 Å². The third-order valence-corrected chi connectivity index (χ3v) is 6.68. The lowest BCUT2D eigenvalue weighted by Crippen LogP contribution is -2.35. The molecule has 176 valence electrons. The van der Waals surface area contributed by atoms with Crippen LogP contribution in [0.2, 0.25) is 0 Å². The Hall–Kier alpha value is -3.98. The van der Waals surface area contributed by atoms with E-state index in [1.807, 2.05) is 51.1 Å². The zero-order chi connectivity index (χ0) is 24.7. The van der Waals surface area contributed by atoms with Crippen molar-refractivity contribution in [2.45, 2.75) is 20.8 Å². The monoisotopic (exact) mass is 487 g/mol. The van der Waals surface area contributed by atoms with Gasteiger partial charge in [-0.3, -0.25) is 10.2 Å². The van der Waals surface area contributed by atoms with E-state index in [1.165, 1.54) is 28.9 Å². The number of amidine groups is 2. The van der Waals surface area contributed by atoms with Crippen LogP contribution in [0.15, 0.2) is 70.3 Å². The number of aliphatic imine (C=N–C) groups is 1. The first-order chi connectivity index (χ1) is 16.9. The van der Waals surface area contributed by atoms with Gasteiger partial charge in [0.2, 0.25) is 5.17 Å². The summed E-state index contributed by atoms with van der Waals surface area (Å²) >= 11 is 1.18. The molecule has 2 aliphatic rings. The molecular formula is C26H22FN5O2S. The van der Waals surface area contributed by atoms with Gasteiger partial charge in [-0.1, -0.05) is 12.1 Å². The number of ether oxygens (including phenoxy) is 1. The number of hydrogen-bond acceptors (Lipinski definition) is 5. The fourth-order valence-corrected chi connectivity index (χ4v) is 4.98. The van der Waals surface area contributed by atoms with E-state index in [0.717, 1.165) is 28.4 Å². The Kier molecular flexibility index (Phi) is 5.86. The summed E-state index contributed by atoms with van der Waals surface area (Å²) in [4.78, 5) is 17.1. The van der Waals surface area contributed by atoms with Crippen LogP contribution in [0.4, 0.5) is 4.39 Å². The topological polar surface area (TPSA) is 83.0 Å². The molecule has 0 radical (unpaired) electrons. The molecule has 9 heteroatoms. The lowest BCUT2D eigenvalue weighted by Gasteiger charge is -2.20. The molecule has 5 rings (SSSR count). The molecule has 0 spiro atoms. The van der Waals surface area contributed by atoms with E-state index < -0.39 is 5.91 Å². The Labute approximate surface area is 206 Å². The van der Waals surface area contributed by atoms with Crippen molar-refractivity contribution in [2.75, 3.05) is 6.61 Å². The molecule has 0 saturated carbocycles. The number of amides is 1. The number of fused-ring (bicyclic) bond motifs is 1. The Bertz CT molecular complexity index is 1450. The molecule has 2 aromatic carbocycles. The number of thioether (sulfide) groups is 1. The maximum atomic E-state index is 13.3. The second-order valence-electron chi connectivity index (χ2n) is 7.99. The Morgan fingerprint density at radius 1 is 1.14 bits per heavy atom. The first kappa shape index (κ1) is 22.8. The number of benzene rings is 2. The van der Waals surface area contributed by atoms with Crippen LogP contribution in [0.25, 0.3) is 11.8 Å². The van der Waals surface area contributed by atoms with Gasteiger partial charge >= 0.3 is 0 Å². The lowest BCUT2D eigenvalue weighted by atomic mass is 10.1. The van der Waals surface area contributed by atoms with Gasteiger partial charge < -0.3 is 9.30 Å². The van der Waals surface area contributed by atoms with Crippen molar-refractivity contribution in [3.63, 3.8) is 0 Å². The van der Waals surface area contributed by atoms with Crippen molar-refractivity contribution in [1.82, 2.24) is 9.58 Å². The third-order valence-electron chi connectivity index (χ3n) is 5.72. The summed E-state index contributed by atoms with van der Waals surface area (Å²) in [6, 6.07) is 15.7. The second-order valence-corrected chi connectivity index (χ2v) is 8.95. The minimum atomic E-state index is -0.496. The number of carbonyl (C=O) groups excluding carboxylic acids is 1. The highest BCUT2D eigenvalue weighted by atomic mass is 32.2. The fraction of sp³-hybridized carbons (Fsp3) is 0.154. The maximum Gasteiger partial charge on any atom is 0.283 e. The van der Waals surface area contributed by atoms with Gasteiger partial charge in [0.05, 0.1) is 17.9 Å². The maximum absolute atomic E-state index is 13.3. The number of aromatic nitrogens is 1. The summed E-state index contributed by atoms with van der Waals surface area (Å²) in [5.74, 6) is -0.126. The third kappa shape index (κ3) is 4.08. The number of aryl methyl sites for hydroxylation is 1. The molecule has 2 aliphatic heterocycles. The summed E-state index contributed by atoms with van der Waals surface area (Å²) in [7, 11) is 0. The van der Waals surface area contributed by atoms with E-state index in [-0.39, 0.29) is 17.2 Å². The average molecular weight is 488 g/mol. The molecule has 3 aromatic rings. The van der Waals surface area contributed by atoms with E-state index in [0.29, 0.717) is 22.4 Å². The molecule has 3 heterocycles. The number of halogens is 1. The number of hydrogen-bond donors (Lipinski definition) is 1. The largest absolute Gasteiger partial charge is 0.492 e. The summed E-state index contributed by atoms with van der Waals surface area (Å²) in [6.45, 7) is 6.44. The Balaban J connectivity index is 1.51. The first-order valence-corrected chi connectivity index (χ1v) is 11.9. The molecule has 0 bridgehead atoms. The van der Waals surface area contributed by atoms with E-state index in [2.05, 4.69) is 14.7 Å². The van der Waals surface area contributed by atoms with Gasteiger partial charge in [-0.15, -0.1) is 0 Å². The molecule has 1 amide bonds. The zero-order valence-electron chi connectivity index (χ0n) is 19.4. The van der Waals surface area contributed by atoms with Gasteiger partial charge in [0.1, 0.15) is 16.6 Å². The van der Waals surface area contributed by atoms with Crippen LogP contribution in [-0.4, -0.2) is 38.1 Å². The lowest BCUT2D eigenvalue weighted by molar-refractivity contribution is -0.114. The number of nitrogens with one attached hydrogen (secondary N) is 1. The van der Waals surface area contributed by atoms with Gasteiger partial charge in [-0.2, -0.15) is 15.1 Å². The SMILES string of the molecule is CCOc1ccccc1-n1c(C)cc(/C=C2/C(=N)N3N=C(c4ccc(F)cc4)SC3=NC2=O)c1C. The van der Waals surface area contributed by atoms with Gasteiger partial charge in [0, 0.05) is 17.0 Å². The predicted molar refractivity (Wildman–Crippen MR) is 137 cm³/mol. The molecule has 0 atom stereocenters. The first-order valence-electron chi connectivity index (χ1n) is 11.0. The van der Waals surface area contributed by atoms with Crippen molar-refractivity contribution in [2.24, 2.45) is 10.1 Å². The van der Waals surface area contributed by atoms with Gasteiger partial charge in [-0.05, 0) is 86.6 Å². The second kappa shape index (κ2) is 8.99. The van der Waals surface area contributed by atoms with Crippen LogP contribution in [0, 0.1) is 25.1 Å². The van der Waals surface area contributed by atoms with Gasteiger partial charge in [0.25, 0.3) is 5.91 Å². The highest BCUT2D eigenvalue weighted by molar-refractivity contribution is 8.27. The molecule has 0 saturated heterocycles. The number of nitrogens with zero attached hydrogens (tertiary/aromatic N) is 4. The summed E-state index contributed by atoms with van der Waals surface area (Å²) in [6.07, 6.45) is 1.68. The minimum Gasteiger partial charge on any atom is -0.492 e. The summed E-state index contributed by atoms with van der Waals surface area (Å²) in [5.41, 5.74) is 4.42. The molecule has 0 aliphatic carbocycles. The number of rotatable bonds is 5. The van der Waals surface area contributed by atoms with Crippen molar-refractivity contribution in [1.29, 1.82) is 5.41 Å². The van der Waals surface area contributed by atoms with Crippen molar-refractivity contribution in [3.05, 3.63) is 88.5 Å². The number of carbonyl (C=O) groups is 1. The molecular weight excluding hydrogens is 465 g/mol. The van der Waals surface area contributed by atoms with Crippen LogP contribution in [0.1, 0.15) is 29.4 Å². The van der Waals surface area contributed by atoms with Crippen LogP contribution in [0.3, 0.4) is 0 Å². The Morgan fingerprint density at radius 3 is 2.63 bits per heavy atom. The van der Waals surface area contributed by atoms with Crippen LogP contribution in [-0.2, 0) is 4.79 Å². The molecule has 35 heavy (non-hydrogen) atoms. The van der Waals surface area contributed by atoms with E-state index in [4.69, 9.17) is 10.1 Å². The smallest absolute Gasteiger partial charge is 0.283 e. The fourth-order valence-electron chi connectivity index (χ4n) is 4.08. The van der Waals surface area contributed by atoms with Crippen LogP contribution >= 0.6 is 11.8 Å². The van der Waals surface area contributed by atoms with Crippen LogP contribution in [0.5, 0.6) is 5.75 Å². The number of hydrazone groups is 1. The molecule has 0 fully saturated rings. The normalized spacial score (nSPS) is 16.5. The molecule has 7 nitrogen and oxygen atoms in total. The van der Waals surface area contributed by atoms with Crippen LogP contribution < -0.4 is 4.74 Å². The minimum absolute atomic E-state index is 0.0517. The zero-order valence-corrected chi connectivity index (χ0v) is 20.2. The van der Waals surface area contributed by atoms with Gasteiger partial charge in [0.15, 0.2) is 5.84 Å². The highest BCUT2D eigenvalue weighted by Gasteiger charge is 2.36. The van der Waals surface area contributed by atoms with Gasteiger partial charge in [-0.25, -0.2) is 4.39 Å². The van der Waals surface area contributed by atoms with E-state index in [1.54, 1.807) is 18.2 Å². The standard InChI is InChI=1S/C26H22FN5O2S/c1-4-34-22-8-6-5-7-21(22)31-15(2)13-18(16(31)3)14-20-23(28)32-26(29-24(20)33)35-25(30-32)17-9-11-19(27)12-10-17/h5-14,28H,4H2,1-3H3/b20-14-,28-23?. The molecule has 1 aromatic heterocycles. The van der Waals surface area contributed by atoms with Crippen molar-refractivity contribution >= 4 is 39.8 Å². The highest BCUT2D eigenvalue weighted by Crippen LogP contribution is 2.33. The van der Waals surface area contributed by atoms with E-state index in [9.17, 15) is 9.18 Å². The quantitative estimate of drug-likeness (QED) is 0.495. The van der Waals surface area contributed by atoms with E-state index >= 15 is 0 Å². The Morgan fingerprint density at radius 2 is 1.89 bits per heavy atom. The molecule has 0 unspecified atom stereocenters. The number of para-hydroxylation sites is 2. The predicted octanol–water partition coefficient (Wildman–Crippen LogP) is 5.30. The molecule has 1 N–H and O–H groups in total. The summed E-state index contributed by atoms with van der Waals surface area (Å²) < 4.78 is 21.2.